The van der Waals surface area contributed by atoms with E-state index < -0.39 is 18.2 Å². The number of hydrogen-bond acceptors (Lipinski definition) is 2. The molecule has 1 aromatic carbocycles. The van der Waals surface area contributed by atoms with Gasteiger partial charge in [-0.25, -0.2) is 0 Å². The van der Waals surface area contributed by atoms with E-state index in [0.717, 1.165) is 6.42 Å². The molecule has 0 spiro atoms. The summed E-state index contributed by atoms with van der Waals surface area (Å²) in [6.07, 6.45) is -0.145. The summed E-state index contributed by atoms with van der Waals surface area (Å²) < 4.78 is 40.7. The fourth-order valence-corrected chi connectivity index (χ4v) is 3.53. The van der Waals surface area contributed by atoms with Crippen molar-refractivity contribution in [2.75, 3.05) is 0 Å². The van der Waals surface area contributed by atoms with Crippen LogP contribution in [0.3, 0.4) is 0 Å². The number of fused-ring (bicyclic) bond motifs is 2. The molecule has 3 rings (SSSR count). The minimum Gasteiger partial charge on any atom is -0.481 e. The van der Waals surface area contributed by atoms with E-state index in [1.165, 1.54) is 18.2 Å². The van der Waals surface area contributed by atoms with Crippen LogP contribution in [0.15, 0.2) is 36.4 Å². The summed E-state index contributed by atoms with van der Waals surface area (Å²) in [6.45, 7) is 0. The van der Waals surface area contributed by atoms with Crippen LogP contribution < -0.4 is 4.74 Å². The van der Waals surface area contributed by atoms with Crippen molar-refractivity contribution < 1.29 is 27.8 Å². The third-order valence-electron chi connectivity index (χ3n) is 4.22. The molecule has 0 saturated heterocycles. The highest BCUT2D eigenvalue weighted by atomic mass is 19.4. The van der Waals surface area contributed by atoms with Gasteiger partial charge in [-0.15, -0.1) is 13.2 Å². The van der Waals surface area contributed by atoms with Gasteiger partial charge in [-0.1, -0.05) is 24.3 Å². The Morgan fingerprint density at radius 3 is 2.62 bits per heavy atom. The number of benzene rings is 1. The summed E-state index contributed by atoms with van der Waals surface area (Å²) >= 11 is 0. The SMILES string of the molecule is O=C(O)C1C2C=CC(C2)C1c1cccc(OC(F)(F)F)c1. The van der Waals surface area contributed by atoms with Gasteiger partial charge < -0.3 is 9.84 Å². The number of aliphatic carboxylic acids is 1. The molecular weight excluding hydrogens is 285 g/mol. The van der Waals surface area contributed by atoms with Crippen LogP contribution in [0.25, 0.3) is 0 Å². The predicted molar refractivity (Wildman–Crippen MR) is 67.7 cm³/mol. The lowest BCUT2D eigenvalue weighted by Gasteiger charge is -2.25. The molecule has 4 unspecified atom stereocenters. The van der Waals surface area contributed by atoms with E-state index in [-0.39, 0.29) is 23.5 Å². The average Bonchev–Trinajstić information content (AvgIpc) is 2.96. The van der Waals surface area contributed by atoms with E-state index >= 15 is 0 Å². The third kappa shape index (κ3) is 2.62. The molecule has 0 radical (unpaired) electrons. The second-order valence-electron chi connectivity index (χ2n) is 5.46. The van der Waals surface area contributed by atoms with Gasteiger partial charge in [-0.3, -0.25) is 4.79 Å². The summed E-state index contributed by atoms with van der Waals surface area (Å²) in [5.74, 6) is -2.06. The highest BCUT2D eigenvalue weighted by Crippen LogP contribution is 2.53. The van der Waals surface area contributed by atoms with Gasteiger partial charge in [0, 0.05) is 5.92 Å². The smallest absolute Gasteiger partial charge is 0.481 e. The summed E-state index contributed by atoms with van der Waals surface area (Å²) in [4.78, 5) is 11.4. The van der Waals surface area contributed by atoms with Gasteiger partial charge in [0.15, 0.2) is 0 Å². The van der Waals surface area contributed by atoms with Crippen LogP contribution in [0.5, 0.6) is 5.75 Å². The van der Waals surface area contributed by atoms with Gasteiger partial charge in [0.05, 0.1) is 5.92 Å². The maximum absolute atomic E-state index is 12.3. The third-order valence-corrected chi connectivity index (χ3v) is 4.22. The zero-order chi connectivity index (χ0) is 15.2. The molecule has 1 N–H and O–H groups in total. The predicted octanol–water partition coefficient (Wildman–Crippen LogP) is 3.58. The van der Waals surface area contributed by atoms with Crippen molar-refractivity contribution in [1.29, 1.82) is 0 Å². The number of allylic oxidation sites excluding steroid dienone is 2. The number of carboxylic acids is 1. The molecule has 2 aliphatic carbocycles. The van der Waals surface area contributed by atoms with Gasteiger partial charge in [0.1, 0.15) is 5.75 Å². The lowest BCUT2D eigenvalue weighted by Crippen LogP contribution is -2.26. The molecule has 3 nitrogen and oxygen atoms in total. The number of ether oxygens (including phenoxy) is 1. The van der Waals surface area contributed by atoms with E-state index in [0.29, 0.717) is 5.56 Å². The fourth-order valence-electron chi connectivity index (χ4n) is 3.53. The maximum atomic E-state index is 12.3. The zero-order valence-electron chi connectivity index (χ0n) is 10.9. The van der Waals surface area contributed by atoms with E-state index in [4.69, 9.17) is 0 Å². The van der Waals surface area contributed by atoms with Crippen molar-refractivity contribution in [3.63, 3.8) is 0 Å². The lowest BCUT2D eigenvalue weighted by atomic mass is 9.78. The molecule has 112 valence electrons. The molecule has 0 heterocycles. The van der Waals surface area contributed by atoms with Gasteiger partial charge in [-0.2, -0.15) is 0 Å². The molecule has 0 amide bonds. The standard InChI is InChI=1S/C15H13F3O3/c16-15(17,18)21-11-3-1-2-8(7-11)12-9-4-5-10(6-9)13(12)14(19)20/h1-5,7,9-10,12-13H,6H2,(H,19,20). The van der Waals surface area contributed by atoms with Crippen molar-refractivity contribution in [2.45, 2.75) is 18.7 Å². The van der Waals surface area contributed by atoms with Crippen molar-refractivity contribution in [1.82, 2.24) is 0 Å². The fraction of sp³-hybridized carbons (Fsp3) is 0.400. The molecule has 0 aliphatic heterocycles. The number of hydrogen-bond donors (Lipinski definition) is 1. The second kappa shape index (κ2) is 4.79. The van der Waals surface area contributed by atoms with Gasteiger partial charge in [0.2, 0.25) is 0 Å². The Labute approximate surface area is 119 Å². The monoisotopic (exact) mass is 298 g/mol. The van der Waals surface area contributed by atoms with Crippen LogP contribution in [0, 0.1) is 17.8 Å². The topological polar surface area (TPSA) is 46.5 Å². The first-order chi connectivity index (χ1) is 9.85. The molecule has 4 atom stereocenters. The molecular formula is C15H13F3O3. The number of carboxylic acid groups (broad SMARTS) is 1. The van der Waals surface area contributed by atoms with E-state index in [1.807, 2.05) is 12.2 Å². The highest BCUT2D eigenvalue weighted by Gasteiger charge is 2.49. The Balaban J connectivity index is 1.91. The Bertz CT molecular complexity index is 594. The minimum atomic E-state index is -4.75. The van der Waals surface area contributed by atoms with Crippen LogP contribution in [0.4, 0.5) is 13.2 Å². The Hall–Kier alpha value is -1.98. The number of carbonyl (C=O) groups is 1. The molecule has 0 aromatic heterocycles. The Morgan fingerprint density at radius 1 is 1.24 bits per heavy atom. The summed E-state index contributed by atoms with van der Waals surface area (Å²) in [7, 11) is 0. The molecule has 2 bridgehead atoms. The first kappa shape index (κ1) is 14.0. The van der Waals surface area contributed by atoms with Gasteiger partial charge in [0.25, 0.3) is 0 Å². The molecule has 6 heteroatoms. The summed E-state index contributed by atoms with van der Waals surface area (Å²) in [5.41, 5.74) is 0.584. The van der Waals surface area contributed by atoms with E-state index in [2.05, 4.69) is 4.74 Å². The van der Waals surface area contributed by atoms with Crippen molar-refractivity contribution >= 4 is 5.97 Å². The van der Waals surface area contributed by atoms with E-state index in [1.54, 1.807) is 6.07 Å². The van der Waals surface area contributed by atoms with Crippen LogP contribution in [0.1, 0.15) is 17.9 Å². The van der Waals surface area contributed by atoms with Gasteiger partial charge >= 0.3 is 12.3 Å². The highest BCUT2D eigenvalue weighted by molar-refractivity contribution is 5.73. The first-order valence-corrected chi connectivity index (χ1v) is 6.62. The number of alkyl halides is 3. The molecule has 1 fully saturated rings. The first-order valence-electron chi connectivity index (χ1n) is 6.62. The molecule has 1 aromatic rings. The number of halogens is 3. The Morgan fingerprint density at radius 2 is 1.95 bits per heavy atom. The Kier molecular flexibility index (Phi) is 3.19. The van der Waals surface area contributed by atoms with E-state index in [9.17, 15) is 23.1 Å². The minimum absolute atomic E-state index is 0.0373. The quantitative estimate of drug-likeness (QED) is 0.868. The lowest BCUT2D eigenvalue weighted by molar-refractivity contribution is -0.274. The van der Waals surface area contributed by atoms with Crippen LogP contribution in [-0.4, -0.2) is 17.4 Å². The molecule has 1 saturated carbocycles. The van der Waals surface area contributed by atoms with Crippen LogP contribution in [0.2, 0.25) is 0 Å². The van der Waals surface area contributed by atoms with Crippen molar-refractivity contribution in [3.8, 4) is 5.75 Å². The zero-order valence-corrected chi connectivity index (χ0v) is 10.9. The van der Waals surface area contributed by atoms with Crippen molar-refractivity contribution in [3.05, 3.63) is 42.0 Å². The summed E-state index contributed by atoms with van der Waals surface area (Å²) in [6, 6.07) is 5.64. The maximum Gasteiger partial charge on any atom is 0.573 e. The molecule has 21 heavy (non-hydrogen) atoms. The van der Waals surface area contributed by atoms with Crippen LogP contribution in [-0.2, 0) is 4.79 Å². The van der Waals surface area contributed by atoms with Crippen LogP contribution >= 0.6 is 0 Å². The normalized spacial score (nSPS) is 30.6. The average molecular weight is 298 g/mol. The largest absolute Gasteiger partial charge is 0.573 e. The summed E-state index contributed by atoms with van der Waals surface area (Å²) in [5, 5.41) is 9.38. The second-order valence-corrected chi connectivity index (χ2v) is 5.46. The van der Waals surface area contributed by atoms with Gasteiger partial charge in [-0.05, 0) is 36.0 Å². The number of rotatable bonds is 3. The van der Waals surface area contributed by atoms with Crippen molar-refractivity contribution in [2.24, 2.45) is 17.8 Å². The molecule has 2 aliphatic rings.